The molecular formula is C5H8N4O2. The molecule has 60 valence electrons. The molecule has 0 atom stereocenters. The summed E-state index contributed by atoms with van der Waals surface area (Å²) in [6.07, 6.45) is 0.421. The highest BCUT2D eigenvalue weighted by molar-refractivity contribution is 5.69. The van der Waals surface area contributed by atoms with Crippen LogP contribution in [0.15, 0.2) is 6.20 Å². The summed E-state index contributed by atoms with van der Waals surface area (Å²) in [4.78, 5) is 10.2. The quantitative estimate of drug-likeness (QED) is 0.570. The van der Waals surface area contributed by atoms with E-state index in [1.807, 2.05) is 0 Å². The van der Waals surface area contributed by atoms with Crippen LogP contribution in [0.25, 0.3) is 0 Å². The molecule has 0 fully saturated rings. The van der Waals surface area contributed by atoms with Crippen LogP contribution in [0.3, 0.4) is 0 Å². The molecule has 0 aliphatic carbocycles. The molecule has 1 aromatic heterocycles. The van der Waals surface area contributed by atoms with Crippen molar-refractivity contribution in [2.24, 2.45) is 12.8 Å². The van der Waals surface area contributed by atoms with Gasteiger partial charge >= 0.3 is 6.09 Å². The SMILES string of the molecule is Cn1ncc(OC(N)=O)c1N. The molecule has 4 N–H and O–H groups in total. The summed E-state index contributed by atoms with van der Waals surface area (Å²) in [5, 5.41) is 3.73. The summed E-state index contributed by atoms with van der Waals surface area (Å²) in [6.45, 7) is 0. The van der Waals surface area contributed by atoms with Gasteiger partial charge in [0, 0.05) is 7.05 Å². The molecule has 0 aliphatic rings. The normalized spacial score (nSPS) is 9.55. The monoisotopic (exact) mass is 156 g/mol. The van der Waals surface area contributed by atoms with Crippen molar-refractivity contribution >= 4 is 11.9 Å². The number of ether oxygens (including phenoxy) is 1. The van der Waals surface area contributed by atoms with Gasteiger partial charge in [-0.05, 0) is 0 Å². The summed E-state index contributed by atoms with van der Waals surface area (Å²) >= 11 is 0. The van der Waals surface area contributed by atoms with Crippen molar-refractivity contribution in [3.8, 4) is 5.75 Å². The summed E-state index contributed by atoms with van der Waals surface area (Å²) < 4.78 is 5.87. The molecule has 0 aromatic carbocycles. The Morgan fingerprint density at radius 2 is 2.45 bits per heavy atom. The number of hydrogen-bond donors (Lipinski definition) is 2. The van der Waals surface area contributed by atoms with Crippen LogP contribution in [0.1, 0.15) is 0 Å². The summed E-state index contributed by atoms with van der Waals surface area (Å²) in [7, 11) is 1.63. The molecule has 0 saturated carbocycles. The van der Waals surface area contributed by atoms with E-state index in [-0.39, 0.29) is 11.6 Å². The Balaban J connectivity index is 2.87. The van der Waals surface area contributed by atoms with Crippen LogP contribution in [0, 0.1) is 0 Å². The highest BCUT2D eigenvalue weighted by atomic mass is 16.5. The maximum atomic E-state index is 10.2. The Kier molecular flexibility index (Phi) is 1.67. The highest BCUT2D eigenvalue weighted by Crippen LogP contribution is 2.18. The Labute approximate surface area is 62.7 Å². The number of nitrogen functional groups attached to an aromatic ring is 1. The molecule has 1 rings (SSSR count). The van der Waals surface area contributed by atoms with Crippen LogP contribution < -0.4 is 16.2 Å². The van der Waals surface area contributed by atoms with Gasteiger partial charge in [-0.1, -0.05) is 0 Å². The third kappa shape index (κ3) is 1.40. The first kappa shape index (κ1) is 7.39. The molecule has 0 unspecified atom stereocenters. The van der Waals surface area contributed by atoms with Crippen molar-refractivity contribution in [3.05, 3.63) is 6.20 Å². The Hall–Kier alpha value is -1.72. The number of aromatic nitrogens is 2. The van der Waals surface area contributed by atoms with Crippen LogP contribution in [0.5, 0.6) is 5.75 Å². The predicted molar refractivity (Wildman–Crippen MR) is 37.8 cm³/mol. The van der Waals surface area contributed by atoms with Gasteiger partial charge in [0.2, 0.25) is 0 Å². The zero-order valence-corrected chi connectivity index (χ0v) is 5.94. The summed E-state index contributed by atoms with van der Waals surface area (Å²) in [6, 6.07) is 0. The van der Waals surface area contributed by atoms with Gasteiger partial charge in [0.1, 0.15) is 0 Å². The molecule has 0 radical (unpaired) electrons. The third-order valence-electron chi connectivity index (χ3n) is 1.16. The Morgan fingerprint density at radius 3 is 2.82 bits per heavy atom. The number of aryl methyl sites for hydroxylation is 1. The average Bonchev–Trinajstić information content (AvgIpc) is 2.18. The van der Waals surface area contributed by atoms with E-state index in [9.17, 15) is 4.79 Å². The molecule has 0 saturated heterocycles. The zero-order chi connectivity index (χ0) is 8.43. The lowest BCUT2D eigenvalue weighted by molar-refractivity contribution is 0.211. The minimum absolute atomic E-state index is 0.181. The van der Waals surface area contributed by atoms with Crippen LogP contribution >= 0.6 is 0 Å². The van der Waals surface area contributed by atoms with E-state index in [1.165, 1.54) is 10.9 Å². The van der Waals surface area contributed by atoms with Gasteiger partial charge in [0.15, 0.2) is 11.6 Å². The topological polar surface area (TPSA) is 96.2 Å². The highest BCUT2D eigenvalue weighted by Gasteiger charge is 2.07. The third-order valence-corrected chi connectivity index (χ3v) is 1.16. The van der Waals surface area contributed by atoms with Crippen LogP contribution in [0.4, 0.5) is 10.6 Å². The number of carbonyl (C=O) groups is 1. The molecule has 1 heterocycles. The van der Waals surface area contributed by atoms with Gasteiger partial charge in [0.25, 0.3) is 0 Å². The largest absolute Gasteiger partial charge is 0.410 e. The maximum absolute atomic E-state index is 10.2. The van der Waals surface area contributed by atoms with E-state index >= 15 is 0 Å². The summed E-state index contributed by atoms with van der Waals surface area (Å²) in [5.41, 5.74) is 10.2. The lowest BCUT2D eigenvalue weighted by atomic mass is 10.6. The second kappa shape index (κ2) is 2.49. The van der Waals surface area contributed by atoms with Gasteiger partial charge < -0.3 is 16.2 Å². The molecular weight excluding hydrogens is 148 g/mol. The van der Waals surface area contributed by atoms with Crippen LogP contribution in [-0.2, 0) is 7.05 Å². The fourth-order valence-electron chi connectivity index (χ4n) is 0.614. The average molecular weight is 156 g/mol. The zero-order valence-electron chi connectivity index (χ0n) is 5.94. The minimum Gasteiger partial charge on any atom is -0.405 e. The Morgan fingerprint density at radius 1 is 1.82 bits per heavy atom. The van der Waals surface area contributed by atoms with Gasteiger partial charge in [-0.25, -0.2) is 9.48 Å². The molecule has 0 aliphatic heterocycles. The molecule has 0 spiro atoms. The van der Waals surface area contributed by atoms with E-state index in [0.29, 0.717) is 0 Å². The Bertz CT molecular complexity index is 280. The van der Waals surface area contributed by atoms with Crippen molar-refractivity contribution in [2.45, 2.75) is 0 Å². The fraction of sp³-hybridized carbons (Fsp3) is 0.200. The number of amides is 1. The van der Waals surface area contributed by atoms with Crippen LogP contribution in [0.2, 0.25) is 0 Å². The molecule has 1 amide bonds. The molecule has 0 bridgehead atoms. The summed E-state index contributed by atoms with van der Waals surface area (Å²) in [5.74, 6) is 0.448. The number of nitrogens with zero attached hydrogens (tertiary/aromatic N) is 2. The number of anilines is 1. The van der Waals surface area contributed by atoms with E-state index in [0.717, 1.165) is 0 Å². The lowest BCUT2D eigenvalue weighted by Gasteiger charge is -1.97. The standard InChI is InChI=1S/C5H8N4O2/c1-9-4(6)3(2-8-9)11-5(7)10/h2H,6H2,1H3,(H2,7,10). The number of nitrogens with two attached hydrogens (primary N) is 2. The van der Waals surface area contributed by atoms with Gasteiger partial charge in [0.05, 0.1) is 6.20 Å². The lowest BCUT2D eigenvalue weighted by Crippen LogP contribution is -2.16. The van der Waals surface area contributed by atoms with E-state index in [4.69, 9.17) is 11.5 Å². The van der Waals surface area contributed by atoms with Crippen LogP contribution in [-0.4, -0.2) is 15.9 Å². The van der Waals surface area contributed by atoms with Gasteiger partial charge in [-0.3, -0.25) is 0 Å². The maximum Gasteiger partial charge on any atom is 0.410 e. The minimum atomic E-state index is -0.898. The van der Waals surface area contributed by atoms with E-state index in [1.54, 1.807) is 7.05 Å². The number of carbonyl (C=O) groups excluding carboxylic acids is 1. The van der Waals surface area contributed by atoms with Crippen molar-refractivity contribution < 1.29 is 9.53 Å². The molecule has 6 nitrogen and oxygen atoms in total. The smallest absolute Gasteiger partial charge is 0.405 e. The number of rotatable bonds is 1. The second-order valence-electron chi connectivity index (χ2n) is 1.94. The van der Waals surface area contributed by atoms with Crippen molar-refractivity contribution in [1.29, 1.82) is 0 Å². The first-order valence-electron chi connectivity index (χ1n) is 2.86. The predicted octanol–water partition coefficient (Wildman–Crippen LogP) is -0.540. The first-order chi connectivity index (χ1) is 5.11. The van der Waals surface area contributed by atoms with E-state index in [2.05, 4.69) is 9.84 Å². The van der Waals surface area contributed by atoms with Crippen molar-refractivity contribution in [3.63, 3.8) is 0 Å². The fourth-order valence-corrected chi connectivity index (χ4v) is 0.614. The molecule has 1 aromatic rings. The van der Waals surface area contributed by atoms with Crippen molar-refractivity contribution in [2.75, 3.05) is 5.73 Å². The number of primary amides is 1. The number of hydrogen-bond acceptors (Lipinski definition) is 4. The van der Waals surface area contributed by atoms with Gasteiger partial charge in [-0.2, -0.15) is 5.10 Å². The van der Waals surface area contributed by atoms with E-state index < -0.39 is 6.09 Å². The molecule has 11 heavy (non-hydrogen) atoms. The molecule has 6 heteroatoms. The van der Waals surface area contributed by atoms with Crippen molar-refractivity contribution in [1.82, 2.24) is 9.78 Å². The first-order valence-corrected chi connectivity index (χ1v) is 2.86. The van der Waals surface area contributed by atoms with Gasteiger partial charge in [-0.15, -0.1) is 0 Å². The second-order valence-corrected chi connectivity index (χ2v) is 1.94.